The van der Waals surface area contributed by atoms with Crippen LogP contribution in [0.2, 0.25) is 36.3 Å². The Kier molecular flexibility index (Phi) is 7.65. The molecule has 4 atom stereocenters. The highest BCUT2D eigenvalue weighted by atomic mass is 28.4. The van der Waals surface area contributed by atoms with Gasteiger partial charge in [-0.2, -0.15) is 0 Å². The second-order valence-corrected chi connectivity index (χ2v) is 21.3. The monoisotopic (exact) mass is 453 g/mol. The Hall–Kier alpha value is -0.766. The van der Waals surface area contributed by atoms with Gasteiger partial charge in [0.25, 0.3) is 0 Å². The van der Waals surface area contributed by atoms with E-state index in [0.717, 1.165) is 5.69 Å². The van der Waals surface area contributed by atoms with Crippen molar-refractivity contribution >= 4 is 22.3 Å². The van der Waals surface area contributed by atoms with E-state index in [-0.39, 0.29) is 22.0 Å². The van der Waals surface area contributed by atoms with Gasteiger partial charge in [-0.05, 0) is 48.8 Å². The number of nitrogens with one attached hydrogen (secondary N) is 1. The van der Waals surface area contributed by atoms with Crippen LogP contribution in [0.4, 0.5) is 10.1 Å². The van der Waals surface area contributed by atoms with E-state index in [1.54, 1.807) is 12.4 Å². The number of anilines is 1. The summed E-state index contributed by atoms with van der Waals surface area (Å²) in [4.78, 5) is 4.00. The summed E-state index contributed by atoms with van der Waals surface area (Å²) in [5.74, 6) is 0.0302. The Labute approximate surface area is 185 Å². The zero-order valence-corrected chi connectivity index (χ0v) is 22.6. The summed E-state index contributed by atoms with van der Waals surface area (Å²) in [5, 5.41) is 3.48. The van der Waals surface area contributed by atoms with Crippen molar-refractivity contribution in [3.05, 3.63) is 24.5 Å². The molecule has 1 N–H and O–H groups in total. The third-order valence-electron chi connectivity index (χ3n) is 7.38. The predicted molar refractivity (Wildman–Crippen MR) is 129 cm³/mol. The molecule has 0 saturated heterocycles. The zero-order valence-electron chi connectivity index (χ0n) is 20.6. The van der Waals surface area contributed by atoms with Gasteiger partial charge >= 0.3 is 0 Å². The Morgan fingerprint density at radius 2 is 1.70 bits per heavy atom. The van der Waals surface area contributed by atoms with Crippen molar-refractivity contribution in [3.8, 4) is 0 Å². The number of hydrogen-bond acceptors (Lipinski definition) is 4. The van der Waals surface area contributed by atoms with Crippen LogP contribution in [-0.2, 0) is 8.85 Å². The number of halogens is 1. The fraction of sp³-hybridized carbons (Fsp3) is 0.783. The van der Waals surface area contributed by atoms with Crippen molar-refractivity contribution in [2.75, 3.05) is 11.9 Å². The minimum atomic E-state index is -2.12. The molecule has 0 spiro atoms. The molecule has 1 aromatic heterocycles. The van der Waals surface area contributed by atoms with Crippen LogP contribution in [0.15, 0.2) is 18.5 Å². The number of aromatic nitrogens is 1. The van der Waals surface area contributed by atoms with Gasteiger partial charge in [0.05, 0.1) is 12.1 Å². The molecule has 1 saturated carbocycles. The van der Waals surface area contributed by atoms with Crippen molar-refractivity contribution in [1.29, 1.82) is 0 Å². The molecule has 0 aromatic carbocycles. The fourth-order valence-corrected chi connectivity index (χ4v) is 5.62. The lowest BCUT2D eigenvalue weighted by Gasteiger charge is -2.41. The third-order valence-corrected chi connectivity index (χ3v) is 16.4. The molecule has 171 valence electrons. The van der Waals surface area contributed by atoms with Gasteiger partial charge < -0.3 is 14.2 Å². The minimum absolute atomic E-state index is 0.0297. The second kappa shape index (κ2) is 9.00. The molecule has 4 nitrogen and oxygen atoms in total. The van der Waals surface area contributed by atoms with Crippen LogP contribution in [0.3, 0.4) is 0 Å². The van der Waals surface area contributed by atoms with Gasteiger partial charge in [0, 0.05) is 36.7 Å². The highest BCUT2D eigenvalue weighted by Gasteiger charge is 2.50. The lowest BCUT2D eigenvalue weighted by Crippen LogP contribution is -2.49. The van der Waals surface area contributed by atoms with Crippen LogP contribution in [0, 0.1) is 12.0 Å². The molecule has 0 amide bonds. The van der Waals surface area contributed by atoms with Gasteiger partial charge in [-0.25, -0.2) is 4.39 Å². The first kappa shape index (κ1) is 25.5. The Morgan fingerprint density at radius 1 is 1.10 bits per heavy atom. The molecule has 0 aliphatic heterocycles. The van der Waals surface area contributed by atoms with E-state index < -0.39 is 28.9 Å². The normalized spacial score (nSPS) is 26.1. The predicted octanol–water partition coefficient (Wildman–Crippen LogP) is 6.43. The first-order chi connectivity index (χ1) is 13.6. The SMILES string of the molecule is CC(C)(C)[Si](C)(C)OC[C@H]1C[C@@H](Nc2[c]cncc2)[C@@H](F)[C@@H]1O[Si](C)(C)C(C)(C)C. The maximum atomic E-state index is 15.7. The fourth-order valence-electron chi connectivity index (χ4n) is 3.20. The van der Waals surface area contributed by atoms with Gasteiger partial charge in [-0.1, -0.05) is 41.5 Å². The van der Waals surface area contributed by atoms with E-state index in [2.05, 4.69) is 84.1 Å². The van der Waals surface area contributed by atoms with E-state index in [4.69, 9.17) is 8.85 Å². The second-order valence-electron chi connectivity index (χ2n) is 11.8. The average molecular weight is 454 g/mol. The molecule has 1 heterocycles. The van der Waals surface area contributed by atoms with Crippen LogP contribution < -0.4 is 5.32 Å². The Morgan fingerprint density at radius 3 is 2.20 bits per heavy atom. The number of hydrogen-bond donors (Lipinski definition) is 1. The summed E-state index contributed by atoms with van der Waals surface area (Å²) < 4.78 is 28.9. The summed E-state index contributed by atoms with van der Waals surface area (Å²) in [6, 6.07) is 4.56. The summed E-state index contributed by atoms with van der Waals surface area (Å²) in [6.07, 6.45) is 2.45. The van der Waals surface area contributed by atoms with Crippen molar-refractivity contribution in [1.82, 2.24) is 4.98 Å². The number of nitrogens with zero attached hydrogens (tertiary/aromatic N) is 1. The van der Waals surface area contributed by atoms with Crippen molar-refractivity contribution in [3.63, 3.8) is 0 Å². The number of alkyl halides is 1. The Bertz CT molecular complexity index is 687. The smallest absolute Gasteiger partial charge is 0.192 e. The maximum absolute atomic E-state index is 15.7. The highest BCUT2D eigenvalue weighted by molar-refractivity contribution is 6.74. The maximum Gasteiger partial charge on any atom is 0.192 e. The minimum Gasteiger partial charge on any atom is -0.416 e. The van der Waals surface area contributed by atoms with E-state index >= 15 is 4.39 Å². The third kappa shape index (κ3) is 5.93. The van der Waals surface area contributed by atoms with Crippen LogP contribution in [-0.4, -0.2) is 46.5 Å². The van der Waals surface area contributed by atoms with Gasteiger partial charge in [0.15, 0.2) is 16.6 Å². The quantitative estimate of drug-likeness (QED) is 0.483. The van der Waals surface area contributed by atoms with E-state index in [9.17, 15) is 0 Å². The molecule has 0 unspecified atom stereocenters. The summed E-state index contributed by atoms with van der Waals surface area (Å²) in [5.41, 5.74) is 0.773. The van der Waals surface area contributed by atoms with E-state index in [1.165, 1.54) is 0 Å². The summed E-state index contributed by atoms with van der Waals surface area (Å²) in [6.45, 7) is 22.7. The molecule has 1 aliphatic rings. The topological polar surface area (TPSA) is 43.4 Å². The zero-order chi connectivity index (χ0) is 23.0. The van der Waals surface area contributed by atoms with Crippen LogP contribution in [0.1, 0.15) is 48.0 Å². The van der Waals surface area contributed by atoms with E-state index in [1.807, 2.05) is 6.07 Å². The highest BCUT2D eigenvalue weighted by Crippen LogP contribution is 2.43. The largest absolute Gasteiger partial charge is 0.416 e. The lowest BCUT2D eigenvalue weighted by molar-refractivity contribution is 0.0551. The molecule has 1 radical (unpaired) electrons. The van der Waals surface area contributed by atoms with Gasteiger partial charge in [-0.3, -0.25) is 4.98 Å². The first-order valence-electron chi connectivity index (χ1n) is 11.1. The van der Waals surface area contributed by atoms with Gasteiger partial charge in [0.1, 0.15) is 6.17 Å². The van der Waals surface area contributed by atoms with Crippen molar-refractivity contribution in [2.45, 2.75) is 103 Å². The molecule has 30 heavy (non-hydrogen) atoms. The van der Waals surface area contributed by atoms with Gasteiger partial charge in [-0.15, -0.1) is 0 Å². The molecule has 0 bridgehead atoms. The van der Waals surface area contributed by atoms with Crippen molar-refractivity contribution < 1.29 is 13.2 Å². The molecular formula is C23H42FN2O2Si2. The average Bonchev–Trinajstić information content (AvgIpc) is 2.87. The number of rotatable bonds is 7. The molecular weight excluding hydrogens is 411 g/mol. The summed E-state index contributed by atoms with van der Waals surface area (Å²) >= 11 is 0. The molecule has 1 aromatic rings. The lowest BCUT2D eigenvalue weighted by atomic mass is 10.1. The molecule has 1 aliphatic carbocycles. The van der Waals surface area contributed by atoms with Crippen molar-refractivity contribution in [2.24, 2.45) is 5.92 Å². The van der Waals surface area contributed by atoms with Crippen LogP contribution in [0.5, 0.6) is 0 Å². The van der Waals surface area contributed by atoms with Crippen LogP contribution in [0.25, 0.3) is 0 Å². The molecule has 1 fully saturated rings. The molecule has 7 heteroatoms. The summed E-state index contributed by atoms with van der Waals surface area (Å²) in [7, 11) is -4.03. The van der Waals surface area contributed by atoms with E-state index in [0.29, 0.717) is 13.0 Å². The Balaban J connectivity index is 2.21. The number of pyridine rings is 1. The van der Waals surface area contributed by atoms with Crippen LogP contribution >= 0.6 is 0 Å². The standard InChI is InChI=1S/C23H42FN2O2Si2/c1-22(2,3)29(7,8)27-16-17-15-19(26-18-11-13-25-14-12-18)20(24)21(17)28-30(9,10)23(4,5)6/h11,13-14,17,19-21H,15-16H2,1-10H3,(H,25,26)/t17-,19-,20-,21-/m1/s1. The van der Waals surface area contributed by atoms with Gasteiger partial charge in [0.2, 0.25) is 0 Å². The molecule has 2 rings (SSSR count). The first-order valence-corrected chi connectivity index (χ1v) is 16.9.